The average molecular weight is 380 g/mol. The molecular formula is C20H21FN6O. The molecule has 0 bridgehead atoms. The summed E-state index contributed by atoms with van der Waals surface area (Å²) in [5, 5.41) is 3.04. The monoisotopic (exact) mass is 380 g/mol. The van der Waals surface area contributed by atoms with Crippen LogP contribution < -0.4 is 15.8 Å². The number of hydrogen-bond acceptors (Lipinski definition) is 7. The molecule has 28 heavy (non-hydrogen) atoms. The first-order valence-corrected chi connectivity index (χ1v) is 9.26. The average Bonchev–Trinajstić information content (AvgIpc) is 2.68. The summed E-state index contributed by atoms with van der Waals surface area (Å²) in [6, 6.07) is 5.23. The van der Waals surface area contributed by atoms with Gasteiger partial charge in [0.05, 0.1) is 24.6 Å². The predicted octanol–water partition coefficient (Wildman–Crippen LogP) is 3.41. The molecule has 0 unspecified atom stereocenters. The number of nitrogens with zero attached hydrogens (tertiary/aromatic N) is 4. The molecule has 1 aromatic carbocycles. The second-order valence-electron chi connectivity index (χ2n) is 6.64. The fourth-order valence-corrected chi connectivity index (χ4v) is 3.20. The molecule has 1 aliphatic rings. The molecule has 0 spiro atoms. The Morgan fingerprint density at radius 1 is 1.11 bits per heavy atom. The smallest absolute Gasteiger partial charge is 0.222 e. The second kappa shape index (κ2) is 8.16. The van der Waals surface area contributed by atoms with Crippen molar-refractivity contribution in [3.63, 3.8) is 0 Å². The zero-order valence-corrected chi connectivity index (χ0v) is 15.3. The number of halogens is 1. The molecule has 1 saturated carbocycles. The summed E-state index contributed by atoms with van der Waals surface area (Å²) in [6.45, 7) is 0.758. The zero-order valence-electron chi connectivity index (χ0n) is 15.3. The first-order valence-electron chi connectivity index (χ1n) is 9.26. The Morgan fingerprint density at radius 2 is 1.93 bits per heavy atom. The van der Waals surface area contributed by atoms with Crippen LogP contribution in [0.2, 0.25) is 0 Å². The number of anilines is 2. The van der Waals surface area contributed by atoms with E-state index in [1.165, 1.54) is 6.20 Å². The third-order valence-corrected chi connectivity index (χ3v) is 4.81. The molecule has 2 aromatic heterocycles. The van der Waals surface area contributed by atoms with E-state index in [0.29, 0.717) is 36.2 Å². The van der Waals surface area contributed by atoms with Gasteiger partial charge in [-0.3, -0.25) is 4.98 Å². The molecule has 1 fully saturated rings. The molecular weight excluding hydrogens is 359 g/mol. The van der Waals surface area contributed by atoms with E-state index in [0.717, 1.165) is 24.8 Å². The lowest BCUT2D eigenvalue weighted by atomic mass is 9.77. The predicted molar refractivity (Wildman–Crippen MR) is 104 cm³/mol. The van der Waals surface area contributed by atoms with E-state index >= 15 is 4.39 Å². The number of nitrogens with one attached hydrogen (secondary N) is 1. The quantitative estimate of drug-likeness (QED) is 0.606. The van der Waals surface area contributed by atoms with Gasteiger partial charge < -0.3 is 15.8 Å². The fourth-order valence-electron chi connectivity index (χ4n) is 3.20. The Morgan fingerprint density at radius 3 is 2.61 bits per heavy atom. The summed E-state index contributed by atoms with van der Waals surface area (Å²) in [5.41, 5.74) is 7.64. The maximum Gasteiger partial charge on any atom is 0.222 e. The van der Waals surface area contributed by atoms with Crippen LogP contribution in [0.4, 0.5) is 16.2 Å². The minimum Gasteiger partial charge on any atom is -0.489 e. The molecule has 8 heteroatoms. The summed E-state index contributed by atoms with van der Waals surface area (Å²) < 4.78 is 21.0. The van der Waals surface area contributed by atoms with Gasteiger partial charge >= 0.3 is 0 Å². The van der Waals surface area contributed by atoms with Crippen LogP contribution in [-0.2, 0) is 0 Å². The van der Waals surface area contributed by atoms with Crippen molar-refractivity contribution < 1.29 is 9.13 Å². The van der Waals surface area contributed by atoms with E-state index in [9.17, 15) is 0 Å². The number of rotatable bonds is 7. The van der Waals surface area contributed by atoms with Gasteiger partial charge in [-0.2, -0.15) is 0 Å². The van der Waals surface area contributed by atoms with Crippen molar-refractivity contribution >= 4 is 11.8 Å². The van der Waals surface area contributed by atoms with Crippen LogP contribution in [0.15, 0.2) is 43.0 Å². The summed E-state index contributed by atoms with van der Waals surface area (Å²) in [7, 11) is 0. The Hall–Kier alpha value is -3.29. The van der Waals surface area contributed by atoms with Crippen LogP contribution in [0.25, 0.3) is 11.3 Å². The number of ether oxygens (including phenoxy) is 1. The lowest BCUT2D eigenvalue weighted by Gasteiger charge is -2.29. The molecule has 7 nitrogen and oxygen atoms in total. The molecule has 3 aromatic rings. The first kappa shape index (κ1) is 18.1. The van der Waals surface area contributed by atoms with Crippen LogP contribution in [-0.4, -0.2) is 33.1 Å². The third kappa shape index (κ3) is 3.85. The Balaban J connectivity index is 1.51. The fraction of sp³-hybridized carbons (Fsp3) is 0.300. The minimum absolute atomic E-state index is 0.175. The highest BCUT2D eigenvalue weighted by atomic mass is 19.1. The summed E-state index contributed by atoms with van der Waals surface area (Å²) in [4.78, 5) is 16.5. The van der Waals surface area contributed by atoms with E-state index in [2.05, 4.69) is 25.3 Å². The number of nitrogen functional groups attached to an aromatic ring is 1. The lowest BCUT2D eigenvalue weighted by Crippen LogP contribution is -2.16. The highest BCUT2D eigenvalue weighted by Crippen LogP contribution is 2.44. The maximum atomic E-state index is 15.3. The molecule has 0 radical (unpaired) electrons. The van der Waals surface area contributed by atoms with Gasteiger partial charge in [0.15, 0.2) is 11.6 Å². The van der Waals surface area contributed by atoms with Gasteiger partial charge in [0.2, 0.25) is 5.95 Å². The number of aromatic nitrogens is 4. The van der Waals surface area contributed by atoms with Gasteiger partial charge in [-0.25, -0.2) is 19.3 Å². The second-order valence-corrected chi connectivity index (χ2v) is 6.64. The van der Waals surface area contributed by atoms with Crippen molar-refractivity contribution in [1.82, 2.24) is 19.9 Å². The van der Waals surface area contributed by atoms with E-state index in [-0.39, 0.29) is 17.5 Å². The van der Waals surface area contributed by atoms with Gasteiger partial charge in [-0.1, -0.05) is 6.42 Å². The zero-order chi connectivity index (χ0) is 19.3. The summed E-state index contributed by atoms with van der Waals surface area (Å²) >= 11 is 0. The van der Waals surface area contributed by atoms with Gasteiger partial charge in [-0.05, 0) is 37.0 Å². The SMILES string of the molecule is Nc1cnc(-c2ccc(OCCNc3ncccn3)c(F)c2C2CCC2)cn1. The molecule has 0 atom stereocenters. The van der Waals surface area contributed by atoms with Crippen LogP contribution >= 0.6 is 0 Å². The summed E-state index contributed by atoms with van der Waals surface area (Å²) in [5.74, 6) is 0.943. The van der Waals surface area contributed by atoms with E-state index < -0.39 is 0 Å². The van der Waals surface area contributed by atoms with Crippen LogP contribution in [0.5, 0.6) is 5.75 Å². The van der Waals surface area contributed by atoms with E-state index in [1.54, 1.807) is 30.7 Å². The largest absolute Gasteiger partial charge is 0.489 e. The van der Waals surface area contributed by atoms with Crippen LogP contribution in [0.3, 0.4) is 0 Å². The molecule has 2 heterocycles. The minimum atomic E-state index is -0.322. The number of hydrogen-bond donors (Lipinski definition) is 2. The lowest BCUT2D eigenvalue weighted by molar-refractivity contribution is 0.309. The van der Waals surface area contributed by atoms with Gasteiger partial charge in [0, 0.05) is 23.5 Å². The van der Waals surface area contributed by atoms with Crippen LogP contribution in [0, 0.1) is 5.82 Å². The Labute approximate surface area is 162 Å². The Kier molecular flexibility index (Phi) is 5.27. The topological polar surface area (TPSA) is 98.8 Å². The normalized spacial score (nSPS) is 13.8. The van der Waals surface area contributed by atoms with Crippen molar-refractivity contribution in [3.05, 3.63) is 54.4 Å². The third-order valence-electron chi connectivity index (χ3n) is 4.81. The van der Waals surface area contributed by atoms with E-state index in [4.69, 9.17) is 10.5 Å². The standard InChI is InChI=1S/C20H21FN6O/c21-19-16(28-10-9-25-20-23-7-2-8-24-20)6-5-14(18(19)13-3-1-4-13)15-11-27-17(22)12-26-15/h2,5-8,11-13H,1,3-4,9-10H2,(H2,22,27)(H,23,24,25). The summed E-state index contributed by atoms with van der Waals surface area (Å²) in [6.07, 6.45) is 9.39. The van der Waals surface area contributed by atoms with Crippen LogP contribution in [0.1, 0.15) is 30.7 Å². The van der Waals surface area contributed by atoms with Crippen molar-refractivity contribution in [2.24, 2.45) is 0 Å². The molecule has 1 aliphatic carbocycles. The number of nitrogens with two attached hydrogens (primary N) is 1. The van der Waals surface area contributed by atoms with Crippen molar-refractivity contribution in [3.8, 4) is 17.0 Å². The number of benzene rings is 1. The molecule has 0 saturated heterocycles. The van der Waals surface area contributed by atoms with Crippen molar-refractivity contribution in [2.75, 3.05) is 24.2 Å². The highest BCUT2D eigenvalue weighted by Gasteiger charge is 2.28. The van der Waals surface area contributed by atoms with Gasteiger partial charge in [-0.15, -0.1) is 0 Å². The van der Waals surface area contributed by atoms with E-state index in [1.807, 2.05) is 6.07 Å². The van der Waals surface area contributed by atoms with Crippen molar-refractivity contribution in [1.29, 1.82) is 0 Å². The first-order chi connectivity index (χ1) is 13.7. The molecule has 3 N–H and O–H groups in total. The molecule has 0 aliphatic heterocycles. The van der Waals surface area contributed by atoms with Gasteiger partial charge in [0.25, 0.3) is 0 Å². The maximum absolute atomic E-state index is 15.3. The molecule has 4 rings (SSSR count). The molecule has 0 amide bonds. The van der Waals surface area contributed by atoms with Crippen molar-refractivity contribution in [2.45, 2.75) is 25.2 Å². The molecule has 144 valence electrons. The highest BCUT2D eigenvalue weighted by molar-refractivity contribution is 5.66. The Bertz CT molecular complexity index is 931. The van der Waals surface area contributed by atoms with Gasteiger partial charge in [0.1, 0.15) is 12.4 Å².